The fraction of sp³-hybridized carbons (Fsp3) is 0.533. The summed E-state index contributed by atoms with van der Waals surface area (Å²) in [6.45, 7) is 6.33. The molecule has 1 aromatic carbocycles. The molecule has 0 amide bonds. The van der Waals surface area contributed by atoms with E-state index in [1.54, 1.807) is 0 Å². The first-order valence-electron chi connectivity index (χ1n) is 6.17. The lowest BCUT2D eigenvalue weighted by molar-refractivity contribution is -0.145. The summed E-state index contributed by atoms with van der Waals surface area (Å²) in [7, 11) is 0. The summed E-state index contributed by atoms with van der Waals surface area (Å²) in [5.41, 5.74) is 1.59. The van der Waals surface area contributed by atoms with Gasteiger partial charge in [0.25, 0.3) is 0 Å². The number of carboxylic acid groups (broad SMARTS) is 1. The molecule has 0 spiro atoms. The number of aryl methyl sites for hydroxylation is 1. The molecule has 2 rings (SSSR count). The van der Waals surface area contributed by atoms with Crippen LogP contribution in [0.2, 0.25) is 0 Å². The molecular formula is C15H20O2. The van der Waals surface area contributed by atoms with Gasteiger partial charge in [0, 0.05) is 0 Å². The van der Waals surface area contributed by atoms with Crippen molar-refractivity contribution in [3.63, 3.8) is 0 Å². The van der Waals surface area contributed by atoms with Crippen LogP contribution in [0.3, 0.4) is 0 Å². The van der Waals surface area contributed by atoms with Gasteiger partial charge < -0.3 is 5.11 Å². The Balaban J connectivity index is 2.49. The highest BCUT2D eigenvalue weighted by Gasteiger charge is 2.47. The standard InChI is InChI=1S/C15H20O2/c1-14(2,3)10-15(13(16)17)9-8-11-6-4-5-7-12(11)15/h4-7H,8-10H2,1-3H3,(H,16,17). The lowest BCUT2D eigenvalue weighted by Crippen LogP contribution is -2.37. The van der Waals surface area contributed by atoms with E-state index >= 15 is 0 Å². The highest BCUT2D eigenvalue weighted by molar-refractivity contribution is 5.83. The molecule has 1 atom stereocenters. The average Bonchev–Trinajstić information content (AvgIpc) is 2.57. The van der Waals surface area contributed by atoms with E-state index in [4.69, 9.17) is 0 Å². The molecule has 0 fully saturated rings. The molecule has 2 heteroatoms. The zero-order chi connectivity index (χ0) is 12.7. The predicted molar refractivity (Wildman–Crippen MR) is 68.1 cm³/mol. The molecule has 0 heterocycles. The van der Waals surface area contributed by atoms with Crippen LogP contribution in [0.15, 0.2) is 24.3 Å². The first-order valence-corrected chi connectivity index (χ1v) is 6.17. The minimum Gasteiger partial charge on any atom is -0.481 e. The Labute approximate surface area is 103 Å². The number of carbonyl (C=O) groups is 1. The second-order valence-corrected chi connectivity index (χ2v) is 6.28. The first-order chi connectivity index (χ1) is 7.85. The van der Waals surface area contributed by atoms with Gasteiger partial charge in [0.05, 0.1) is 5.41 Å². The van der Waals surface area contributed by atoms with Crippen molar-refractivity contribution >= 4 is 5.97 Å². The monoisotopic (exact) mass is 232 g/mol. The van der Waals surface area contributed by atoms with E-state index in [-0.39, 0.29) is 5.41 Å². The molecule has 2 nitrogen and oxygen atoms in total. The Morgan fingerprint density at radius 1 is 1.35 bits per heavy atom. The first kappa shape index (κ1) is 12.2. The van der Waals surface area contributed by atoms with Crippen molar-refractivity contribution in [3.8, 4) is 0 Å². The maximum absolute atomic E-state index is 11.8. The quantitative estimate of drug-likeness (QED) is 0.848. The van der Waals surface area contributed by atoms with Gasteiger partial charge in [0.15, 0.2) is 0 Å². The maximum atomic E-state index is 11.8. The third-order valence-electron chi connectivity index (χ3n) is 3.60. The summed E-state index contributed by atoms with van der Waals surface area (Å²) < 4.78 is 0. The summed E-state index contributed by atoms with van der Waals surface area (Å²) in [6, 6.07) is 7.99. The number of hydrogen-bond donors (Lipinski definition) is 1. The Bertz CT molecular complexity index is 442. The van der Waals surface area contributed by atoms with E-state index in [0.717, 1.165) is 18.4 Å². The van der Waals surface area contributed by atoms with Crippen molar-refractivity contribution in [2.75, 3.05) is 0 Å². The van der Waals surface area contributed by atoms with Gasteiger partial charge in [-0.05, 0) is 35.8 Å². The zero-order valence-corrected chi connectivity index (χ0v) is 10.8. The smallest absolute Gasteiger partial charge is 0.314 e. The molecule has 0 saturated carbocycles. The van der Waals surface area contributed by atoms with Gasteiger partial charge in [0.1, 0.15) is 0 Å². The largest absolute Gasteiger partial charge is 0.481 e. The summed E-state index contributed by atoms with van der Waals surface area (Å²) in [6.07, 6.45) is 2.32. The Morgan fingerprint density at radius 2 is 2.00 bits per heavy atom. The van der Waals surface area contributed by atoms with Gasteiger partial charge in [-0.1, -0.05) is 45.0 Å². The van der Waals surface area contributed by atoms with Gasteiger partial charge >= 0.3 is 5.97 Å². The van der Waals surface area contributed by atoms with Gasteiger partial charge in [-0.2, -0.15) is 0 Å². The minimum atomic E-state index is -0.672. The predicted octanol–water partition coefficient (Wildman–Crippen LogP) is 3.39. The molecule has 0 aromatic heterocycles. The van der Waals surface area contributed by atoms with Crippen LogP contribution in [0.5, 0.6) is 0 Å². The normalized spacial score (nSPS) is 23.5. The topological polar surface area (TPSA) is 37.3 Å². The molecule has 1 aliphatic rings. The van der Waals surface area contributed by atoms with Crippen LogP contribution in [0.4, 0.5) is 0 Å². The molecular weight excluding hydrogens is 212 g/mol. The molecule has 1 aliphatic carbocycles. The van der Waals surface area contributed by atoms with Gasteiger partial charge in [-0.15, -0.1) is 0 Å². The molecule has 1 unspecified atom stereocenters. The molecule has 1 N–H and O–H groups in total. The highest BCUT2D eigenvalue weighted by atomic mass is 16.4. The second kappa shape index (κ2) is 3.86. The van der Waals surface area contributed by atoms with Crippen LogP contribution in [-0.4, -0.2) is 11.1 Å². The van der Waals surface area contributed by atoms with Crippen molar-refractivity contribution in [1.29, 1.82) is 0 Å². The lowest BCUT2D eigenvalue weighted by Gasteiger charge is -2.32. The fourth-order valence-corrected chi connectivity index (χ4v) is 3.07. The fourth-order valence-electron chi connectivity index (χ4n) is 3.07. The highest BCUT2D eigenvalue weighted by Crippen LogP contribution is 2.46. The number of aliphatic carboxylic acids is 1. The minimum absolute atomic E-state index is 0.0237. The number of benzene rings is 1. The number of rotatable bonds is 2. The maximum Gasteiger partial charge on any atom is 0.314 e. The number of hydrogen-bond acceptors (Lipinski definition) is 1. The lowest BCUT2D eigenvalue weighted by atomic mass is 9.70. The molecule has 17 heavy (non-hydrogen) atoms. The van der Waals surface area contributed by atoms with Crippen LogP contribution in [0.1, 0.15) is 44.7 Å². The summed E-state index contributed by atoms with van der Waals surface area (Å²) >= 11 is 0. The Hall–Kier alpha value is -1.31. The molecule has 0 bridgehead atoms. The van der Waals surface area contributed by atoms with Crippen LogP contribution >= 0.6 is 0 Å². The van der Waals surface area contributed by atoms with Crippen molar-refractivity contribution < 1.29 is 9.90 Å². The third-order valence-corrected chi connectivity index (χ3v) is 3.60. The molecule has 0 radical (unpaired) electrons. The van der Waals surface area contributed by atoms with Crippen LogP contribution in [0, 0.1) is 5.41 Å². The summed E-state index contributed by atoms with van der Waals surface area (Å²) in [4.78, 5) is 11.8. The Morgan fingerprint density at radius 3 is 2.59 bits per heavy atom. The van der Waals surface area contributed by atoms with Crippen molar-refractivity contribution in [1.82, 2.24) is 0 Å². The summed E-state index contributed by atoms with van der Waals surface area (Å²) in [5.74, 6) is -0.669. The van der Waals surface area contributed by atoms with Crippen molar-refractivity contribution in [2.24, 2.45) is 5.41 Å². The molecule has 1 aromatic rings. The van der Waals surface area contributed by atoms with Crippen molar-refractivity contribution in [3.05, 3.63) is 35.4 Å². The number of carboxylic acids is 1. The molecule has 0 aliphatic heterocycles. The van der Waals surface area contributed by atoms with Gasteiger partial charge in [-0.3, -0.25) is 4.79 Å². The van der Waals surface area contributed by atoms with Gasteiger partial charge in [-0.25, -0.2) is 0 Å². The molecule has 92 valence electrons. The molecule has 0 saturated heterocycles. The Kier molecular flexibility index (Phi) is 2.76. The van der Waals surface area contributed by atoms with Crippen LogP contribution < -0.4 is 0 Å². The second-order valence-electron chi connectivity index (χ2n) is 6.28. The van der Waals surface area contributed by atoms with E-state index < -0.39 is 11.4 Å². The van der Waals surface area contributed by atoms with Gasteiger partial charge in [0.2, 0.25) is 0 Å². The average molecular weight is 232 g/mol. The zero-order valence-electron chi connectivity index (χ0n) is 10.8. The van der Waals surface area contributed by atoms with E-state index in [1.807, 2.05) is 18.2 Å². The van der Waals surface area contributed by atoms with Crippen molar-refractivity contribution in [2.45, 2.75) is 45.4 Å². The summed E-state index contributed by atoms with van der Waals surface area (Å²) in [5, 5.41) is 9.67. The third kappa shape index (κ3) is 2.08. The number of fused-ring (bicyclic) bond motifs is 1. The van der Waals surface area contributed by atoms with E-state index in [9.17, 15) is 9.90 Å². The van der Waals surface area contributed by atoms with Crippen LogP contribution in [-0.2, 0) is 16.6 Å². The van der Waals surface area contributed by atoms with E-state index in [2.05, 4.69) is 26.8 Å². The van der Waals surface area contributed by atoms with Crippen LogP contribution in [0.25, 0.3) is 0 Å². The van der Waals surface area contributed by atoms with E-state index in [0.29, 0.717) is 6.42 Å². The van der Waals surface area contributed by atoms with E-state index in [1.165, 1.54) is 5.56 Å². The SMILES string of the molecule is CC(C)(C)CC1(C(=O)O)CCc2ccccc21.